The van der Waals surface area contributed by atoms with Crippen molar-refractivity contribution in [1.29, 1.82) is 0 Å². The van der Waals surface area contributed by atoms with Gasteiger partial charge in [-0.1, -0.05) is 35.0 Å². The SMILES string of the molecule is CC1=CC(=O)N(c2ccc(Sc3ccc(N4C(=O)C=C(C)C4=O)c(Cl)c3)cc2Cl)C1=O. The molecule has 2 aliphatic rings. The third-order valence-electron chi connectivity index (χ3n) is 4.76. The molecule has 0 radical (unpaired) electrons. The van der Waals surface area contributed by atoms with Crippen molar-refractivity contribution >= 4 is 70.0 Å². The molecule has 156 valence electrons. The molecular formula is C22H14Cl2N2O4S. The van der Waals surface area contributed by atoms with Gasteiger partial charge in [-0.2, -0.15) is 0 Å². The second-order valence-corrected chi connectivity index (χ2v) is 8.90. The smallest absolute Gasteiger partial charge is 0.261 e. The zero-order valence-corrected chi connectivity index (χ0v) is 18.6. The molecule has 0 unspecified atom stereocenters. The molecule has 0 aromatic heterocycles. The molecule has 2 heterocycles. The zero-order valence-electron chi connectivity index (χ0n) is 16.3. The lowest BCUT2D eigenvalue weighted by atomic mass is 10.2. The minimum Gasteiger partial charge on any atom is -0.269 e. The molecule has 9 heteroatoms. The number of imide groups is 2. The van der Waals surface area contributed by atoms with E-state index in [4.69, 9.17) is 23.2 Å². The molecule has 0 spiro atoms. The molecule has 0 saturated heterocycles. The number of rotatable bonds is 4. The number of carbonyl (C=O) groups is 4. The van der Waals surface area contributed by atoms with E-state index in [1.807, 2.05) is 0 Å². The first-order valence-corrected chi connectivity index (χ1v) is 10.6. The Bertz CT molecular complexity index is 1160. The van der Waals surface area contributed by atoms with Gasteiger partial charge < -0.3 is 0 Å². The fourth-order valence-corrected chi connectivity index (χ4v) is 4.79. The van der Waals surface area contributed by atoms with Crippen LogP contribution in [0.1, 0.15) is 13.8 Å². The maximum atomic E-state index is 12.2. The Hall–Kier alpha value is -2.87. The molecule has 0 fully saturated rings. The lowest BCUT2D eigenvalue weighted by molar-refractivity contribution is -0.121. The number of anilines is 2. The van der Waals surface area contributed by atoms with E-state index >= 15 is 0 Å². The molecule has 2 aromatic carbocycles. The first-order valence-electron chi connectivity index (χ1n) is 9.08. The van der Waals surface area contributed by atoms with Gasteiger partial charge >= 0.3 is 0 Å². The highest BCUT2D eigenvalue weighted by atomic mass is 35.5. The molecular weight excluding hydrogens is 459 g/mol. The van der Waals surface area contributed by atoms with Gasteiger partial charge in [-0.05, 0) is 50.2 Å². The van der Waals surface area contributed by atoms with Crippen LogP contribution in [0.25, 0.3) is 0 Å². The second kappa shape index (κ2) is 8.00. The van der Waals surface area contributed by atoms with E-state index in [-0.39, 0.29) is 10.0 Å². The number of hydrogen-bond donors (Lipinski definition) is 0. The van der Waals surface area contributed by atoms with Crippen LogP contribution in [0, 0.1) is 0 Å². The Labute approximate surface area is 192 Å². The molecule has 31 heavy (non-hydrogen) atoms. The van der Waals surface area contributed by atoms with Gasteiger partial charge in [0, 0.05) is 33.1 Å². The Morgan fingerprint density at radius 3 is 1.35 bits per heavy atom. The Balaban J connectivity index is 1.55. The average molecular weight is 473 g/mol. The van der Waals surface area contributed by atoms with Gasteiger partial charge in [-0.25, -0.2) is 9.80 Å². The molecule has 2 aromatic rings. The van der Waals surface area contributed by atoms with Gasteiger partial charge in [0.15, 0.2) is 0 Å². The van der Waals surface area contributed by atoms with Gasteiger partial charge in [-0.3, -0.25) is 19.2 Å². The van der Waals surface area contributed by atoms with E-state index in [1.54, 1.807) is 50.2 Å². The minimum atomic E-state index is -0.428. The van der Waals surface area contributed by atoms with E-state index in [9.17, 15) is 19.2 Å². The van der Waals surface area contributed by atoms with Crippen molar-refractivity contribution in [2.75, 3.05) is 9.80 Å². The van der Waals surface area contributed by atoms with Crippen molar-refractivity contribution in [3.63, 3.8) is 0 Å². The van der Waals surface area contributed by atoms with E-state index in [0.717, 1.165) is 19.6 Å². The highest BCUT2D eigenvalue weighted by Gasteiger charge is 2.32. The lowest BCUT2D eigenvalue weighted by Crippen LogP contribution is -2.30. The monoisotopic (exact) mass is 472 g/mol. The summed E-state index contributed by atoms with van der Waals surface area (Å²) in [4.78, 5) is 52.1. The molecule has 0 saturated carbocycles. The first kappa shape index (κ1) is 21.4. The summed E-state index contributed by atoms with van der Waals surface area (Å²) in [6, 6.07) is 10.00. The summed E-state index contributed by atoms with van der Waals surface area (Å²) in [6.45, 7) is 3.15. The molecule has 2 aliphatic heterocycles. The molecule has 4 rings (SSSR count). The Morgan fingerprint density at radius 1 is 0.677 bits per heavy atom. The van der Waals surface area contributed by atoms with E-state index in [0.29, 0.717) is 22.5 Å². The summed E-state index contributed by atoms with van der Waals surface area (Å²) < 4.78 is 0. The zero-order chi connectivity index (χ0) is 22.4. The number of amides is 4. The minimum absolute atomic E-state index is 0.257. The van der Waals surface area contributed by atoms with Gasteiger partial charge in [0.05, 0.1) is 21.4 Å². The summed E-state index contributed by atoms with van der Waals surface area (Å²) in [5.74, 6) is -1.65. The molecule has 0 aliphatic carbocycles. The van der Waals surface area contributed by atoms with Crippen molar-refractivity contribution in [3.8, 4) is 0 Å². The Kier molecular flexibility index (Phi) is 5.51. The Morgan fingerprint density at radius 2 is 1.06 bits per heavy atom. The summed E-state index contributed by atoms with van der Waals surface area (Å²) in [6.07, 6.45) is 2.55. The van der Waals surface area contributed by atoms with Crippen LogP contribution >= 0.6 is 35.0 Å². The summed E-state index contributed by atoms with van der Waals surface area (Å²) in [7, 11) is 0. The van der Waals surface area contributed by atoms with Crippen LogP contribution in [0.5, 0.6) is 0 Å². The highest BCUT2D eigenvalue weighted by molar-refractivity contribution is 7.99. The highest BCUT2D eigenvalue weighted by Crippen LogP contribution is 2.39. The van der Waals surface area contributed by atoms with Gasteiger partial charge in [0.25, 0.3) is 23.6 Å². The van der Waals surface area contributed by atoms with E-state index < -0.39 is 23.6 Å². The second-order valence-electron chi connectivity index (χ2n) is 6.94. The largest absolute Gasteiger partial charge is 0.269 e. The van der Waals surface area contributed by atoms with E-state index in [1.165, 1.54) is 23.9 Å². The summed E-state index contributed by atoms with van der Waals surface area (Å²) in [5.41, 5.74) is 1.34. The van der Waals surface area contributed by atoms with Crippen LogP contribution in [0.4, 0.5) is 11.4 Å². The molecule has 0 atom stereocenters. The predicted molar refractivity (Wildman–Crippen MR) is 120 cm³/mol. The molecule has 0 N–H and O–H groups in total. The third-order valence-corrected chi connectivity index (χ3v) is 6.34. The normalized spacial score (nSPS) is 16.4. The number of halogens is 2. The third kappa shape index (κ3) is 3.80. The van der Waals surface area contributed by atoms with Crippen molar-refractivity contribution in [2.45, 2.75) is 23.6 Å². The molecule has 6 nitrogen and oxygen atoms in total. The topological polar surface area (TPSA) is 74.8 Å². The fraction of sp³-hybridized carbons (Fsp3) is 0.0909. The van der Waals surface area contributed by atoms with Crippen LogP contribution < -0.4 is 9.80 Å². The standard InChI is InChI=1S/C22H14Cl2N2O4S/c1-11-7-19(27)25(21(11)29)17-5-3-13(9-15(17)23)31-14-4-6-18(16(24)10-14)26-20(28)8-12(2)22(26)30/h3-10H,1-2H3. The number of benzene rings is 2. The number of nitrogens with zero attached hydrogens (tertiary/aromatic N) is 2. The number of carbonyl (C=O) groups excluding carboxylic acids is 4. The van der Waals surface area contributed by atoms with Crippen molar-refractivity contribution in [3.05, 3.63) is 69.7 Å². The lowest BCUT2D eigenvalue weighted by Gasteiger charge is -2.18. The van der Waals surface area contributed by atoms with Crippen LogP contribution in [-0.4, -0.2) is 23.6 Å². The van der Waals surface area contributed by atoms with Crippen LogP contribution in [-0.2, 0) is 19.2 Å². The van der Waals surface area contributed by atoms with Crippen LogP contribution in [0.3, 0.4) is 0 Å². The van der Waals surface area contributed by atoms with Gasteiger partial charge in [-0.15, -0.1) is 0 Å². The van der Waals surface area contributed by atoms with E-state index in [2.05, 4.69) is 0 Å². The van der Waals surface area contributed by atoms with Crippen molar-refractivity contribution < 1.29 is 19.2 Å². The maximum absolute atomic E-state index is 12.2. The van der Waals surface area contributed by atoms with Crippen LogP contribution in [0.2, 0.25) is 10.0 Å². The quantitative estimate of drug-likeness (QED) is 0.598. The first-order chi connectivity index (χ1) is 14.7. The van der Waals surface area contributed by atoms with Gasteiger partial charge in [0.2, 0.25) is 0 Å². The molecule has 0 bridgehead atoms. The van der Waals surface area contributed by atoms with Crippen molar-refractivity contribution in [1.82, 2.24) is 0 Å². The fourth-order valence-electron chi connectivity index (χ4n) is 3.23. The van der Waals surface area contributed by atoms with Crippen molar-refractivity contribution in [2.24, 2.45) is 0 Å². The summed E-state index contributed by atoms with van der Waals surface area (Å²) >= 11 is 14.0. The summed E-state index contributed by atoms with van der Waals surface area (Å²) in [5, 5.41) is 0.514. The van der Waals surface area contributed by atoms with Crippen LogP contribution in [0.15, 0.2) is 69.5 Å². The predicted octanol–water partition coefficient (Wildman–Crippen LogP) is 4.78. The maximum Gasteiger partial charge on any atom is 0.261 e. The number of hydrogen-bond acceptors (Lipinski definition) is 5. The van der Waals surface area contributed by atoms with Gasteiger partial charge in [0.1, 0.15) is 0 Å². The molecule has 4 amide bonds. The average Bonchev–Trinajstić information content (AvgIpc) is 3.10.